The molecule has 0 aromatic heterocycles. The Balaban J connectivity index is 2.46. The number of carbonyl (C=O) groups is 1. The molecule has 0 aliphatic heterocycles. The van der Waals surface area contributed by atoms with Crippen LogP contribution in [0, 0.1) is 10.1 Å². The van der Waals surface area contributed by atoms with E-state index < -0.39 is 11.1 Å². The minimum absolute atomic E-state index is 0.0297. The zero-order chi connectivity index (χ0) is 13.4. The Kier molecular flexibility index (Phi) is 5.59. The highest BCUT2D eigenvalue weighted by Gasteiger charge is 2.08. The second kappa shape index (κ2) is 7.23. The fraction of sp³-hybridized carbons (Fsp3) is 0.364. The lowest BCUT2D eigenvalue weighted by Crippen LogP contribution is -2.15. The lowest BCUT2D eigenvalue weighted by atomic mass is 10.1. The first-order valence-corrected chi connectivity index (χ1v) is 5.46. The summed E-state index contributed by atoms with van der Waals surface area (Å²) in [6.45, 7) is 0.526. The number of nitrogens with two attached hydrogens (primary N) is 1. The number of carbonyl (C=O) groups excluding carboxylic acids is 1. The Morgan fingerprint density at radius 3 is 2.89 bits per heavy atom. The summed E-state index contributed by atoms with van der Waals surface area (Å²) < 4.78 is 0. The van der Waals surface area contributed by atoms with Crippen LogP contribution in [0.5, 0.6) is 0 Å². The van der Waals surface area contributed by atoms with Crippen molar-refractivity contribution < 1.29 is 14.7 Å². The molecule has 0 saturated heterocycles. The molecular formula is C11H15N3O4. The van der Waals surface area contributed by atoms with Crippen LogP contribution in [-0.2, 0) is 9.63 Å². The van der Waals surface area contributed by atoms with Crippen LogP contribution in [0.2, 0.25) is 0 Å². The molecule has 3 N–H and O–H groups in total. The molecule has 0 bridgehead atoms. The third-order valence-electron chi connectivity index (χ3n) is 2.30. The summed E-state index contributed by atoms with van der Waals surface area (Å²) in [6, 6.07) is 6.49. The molecule has 0 spiro atoms. The van der Waals surface area contributed by atoms with E-state index in [0.29, 0.717) is 24.8 Å². The zero-order valence-electron chi connectivity index (χ0n) is 9.74. The van der Waals surface area contributed by atoms with Crippen LogP contribution < -0.4 is 11.1 Å². The van der Waals surface area contributed by atoms with Crippen LogP contribution in [0.4, 0.5) is 5.69 Å². The average Bonchev–Trinajstić information content (AvgIpc) is 2.37. The molecule has 7 nitrogen and oxygen atoms in total. The van der Waals surface area contributed by atoms with Gasteiger partial charge in [0, 0.05) is 12.2 Å². The summed E-state index contributed by atoms with van der Waals surface area (Å²) in [5.74, 6) is 0. The molecular weight excluding hydrogens is 238 g/mol. The van der Waals surface area contributed by atoms with Crippen molar-refractivity contribution in [3.8, 4) is 0 Å². The van der Waals surface area contributed by atoms with Gasteiger partial charge in [-0.05, 0) is 18.1 Å². The average molecular weight is 253 g/mol. The van der Waals surface area contributed by atoms with Crippen molar-refractivity contribution >= 4 is 12.0 Å². The highest BCUT2D eigenvalue weighted by molar-refractivity contribution is 5.67. The van der Waals surface area contributed by atoms with E-state index in [4.69, 9.17) is 5.73 Å². The minimum Gasteiger partial charge on any atom is -0.385 e. The summed E-state index contributed by atoms with van der Waals surface area (Å²) >= 11 is 0. The molecule has 1 unspecified atom stereocenters. The molecule has 98 valence electrons. The first kappa shape index (κ1) is 13.9. The number of anilines is 1. The van der Waals surface area contributed by atoms with Crippen molar-refractivity contribution in [2.24, 2.45) is 5.73 Å². The van der Waals surface area contributed by atoms with Gasteiger partial charge in [0.15, 0.2) is 0 Å². The monoisotopic (exact) mass is 253 g/mol. The summed E-state index contributed by atoms with van der Waals surface area (Å²) in [7, 11) is 0. The smallest absolute Gasteiger partial charge is 0.294 e. The van der Waals surface area contributed by atoms with Gasteiger partial charge in [-0.15, -0.1) is 10.1 Å². The van der Waals surface area contributed by atoms with E-state index >= 15 is 0 Å². The number of benzene rings is 1. The summed E-state index contributed by atoms with van der Waals surface area (Å²) in [6.07, 6.45) is 1.14. The van der Waals surface area contributed by atoms with Gasteiger partial charge in [0.2, 0.25) is 0 Å². The Labute approximate surface area is 104 Å². The number of nitrogens with zero attached hydrogens (tertiary/aromatic N) is 1. The van der Waals surface area contributed by atoms with Gasteiger partial charge in [-0.2, -0.15) is 0 Å². The number of rotatable bonds is 8. The van der Waals surface area contributed by atoms with E-state index in [1.807, 2.05) is 6.07 Å². The Hall–Kier alpha value is -2.15. The Morgan fingerprint density at radius 2 is 2.22 bits per heavy atom. The predicted octanol–water partition coefficient (Wildman–Crippen LogP) is 0.896. The predicted molar refractivity (Wildman–Crippen MR) is 65.5 cm³/mol. The standard InChI is InChI=1S/C11H15N3O4/c12-10(8-15)9-4-1-2-5-11(9)13-6-3-7-18-14(16)17/h1-2,4-5,8,10,13H,3,6-7,12H2. The third kappa shape index (κ3) is 4.38. The molecule has 1 atom stereocenters. The molecule has 1 aromatic rings. The van der Waals surface area contributed by atoms with Gasteiger partial charge in [0.1, 0.15) is 6.29 Å². The van der Waals surface area contributed by atoms with Crippen molar-refractivity contribution in [3.05, 3.63) is 39.9 Å². The lowest BCUT2D eigenvalue weighted by molar-refractivity contribution is -0.757. The molecule has 0 fully saturated rings. The molecule has 0 aliphatic carbocycles. The van der Waals surface area contributed by atoms with E-state index in [1.54, 1.807) is 18.2 Å². The van der Waals surface area contributed by atoms with E-state index in [2.05, 4.69) is 10.2 Å². The molecule has 0 aliphatic rings. The van der Waals surface area contributed by atoms with Crippen molar-refractivity contribution in [2.45, 2.75) is 12.5 Å². The lowest BCUT2D eigenvalue weighted by Gasteiger charge is -2.13. The highest BCUT2D eigenvalue weighted by Crippen LogP contribution is 2.19. The quantitative estimate of drug-likeness (QED) is 0.308. The van der Waals surface area contributed by atoms with E-state index in [-0.39, 0.29) is 6.61 Å². The van der Waals surface area contributed by atoms with Crippen LogP contribution in [0.25, 0.3) is 0 Å². The largest absolute Gasteiger partial charge is 0.385 e. The Bertz CT molecular complexity index is 411. The van der Waals surface area contributed by atoms with Crippen molar-refractivity contribution in [1.29, 1.82) is 0 Å². The van der Waals surface area contributed by atoms with Crippen molar-refractivity contribution in [1.82, 2.24) is 0 Å². The SMILES string of the molecule is NC(C=O)c1ccccc1NCCCO[N+](=O)[O-]. The van der Waals surface area contributed by atoms with E-state index in [9.17, 15) is 14.9 Å². The molecule has 1 aromatic carbocycles. The van der Waals surface area contributed by atoms with Crippen molar-refractivity contribution in [2.75, 3.05) is 18.5 Å². The maximum absolute atomic E-state index is 10.7. The second-order valence-corrected chi connectivity index (χ2v) is 3.59. The van der Waals surface area contributed by atoms with Gasteiger partial charge < -0.3 is 20.7 Å². The van der Waals surface area contributed by atoms with Crippen LogP contribution in [-0.4, -0.2) is 24.5 Å². The molecule has 18 heavy (non-hydrogen) atoms. The number of hydrogen-bond donors (Lipinski definition) is 2. The minimum atomic E-state index is -0.823. The fourth-order valence-corrected chi connectivity index (χ4v) is 1.46. The van der Waals surface area contributed by atoms with Gasteiger partial charge in [-0.3, -0.25) is 0 Å². The third-order valence-corrected chi connectivity index (χ3v) is 2.30. The number of nitrogens with one attached hydrogen (secondary N) is 1. The molecule has 7 heteroatoms. The molecule has 0 radical (unpaired) electrons. The molecule has 0 saturated carbocycles. The van der Waals surface area contributed by atoms with Crippen LogP contribution >= 0.6 is 0 Å². The molecule has 0 amide bonds. The van der Waals surface area contributed by atoms with Gasteiger partial charge in [0.05, 0.1) is 12.6 Å². The van der Waals surface area contributed by atoms with Crippen LogP contribution in [0.15, 0.2) is 24.3 Å². The molecule has 0 heterocycles. The van der Waals surface area contributed by atoms with Crippen LogP contribution in [0.1, 0.15) is 18.0 Å². The van der Waals surface area contributed by atoms with Crippen molar-refractivity contribution in [3.63, 3.8) is 0 Å². The van der Waals surface area contributed by atoms with Gasteiger partial charge >= 0.3 is 0 Å². The fourth-order valence-electron chi connectivity index (χ4n) is 1.46. The maximum Gasteiger partial charge on any atom is 0.294 e. The van der Waals surface area contributed by atoms with Gasteiger partial charge in [0.25, 0.3) is 5.09 Å². The summed E-state index contributed by atoms with van der Waals surface area (Å²) in [5, 5.41) is 12.2. The maximum atomic E-state index is 10.7. The molecule has 1 rings (SSSR count). The highest BCUT2D eigenvalue weighted by atomic mass is 16.9. The van der Waals surface area contributed by atoms with Gasteiger partial charge in [-0.25, -0.2) is 0 Å². The summed E-state index contributed by atoms with van der Waals surface area (Å²) in [4.78, 5) is 24.8. The number of hydrogen-bond acceptors (Lipinski definition) is 6. The number of para-hydroxylation sites is 1. The Morgan fingerprint density at radius 1 is 1.50 bits per heavy atom. The zero-order valence-corrected chi connectivity index (χ0v) is 9.74. The van der Waals surface area contributed by atoms with E-state index in [0.717, 1.165) is 5.69 Å². The first-order valence-electron chi connectivity index (χ1n) is 5.46. The van der Waals surface area contributed by atoms with E-state index in [1.165, 1.54) is 0 Å². The second-order valence-electron chi connectivity index (χ2n) is 3.59. The number of aldehydes is 1. The summed E-state index contributed by atoms with van der Waals surface area (Å²) in [5.41, 5.74) is 7.09. The van der Waals surface area contributed by atoms with Gasteiger partial charge in [-0.1, -0.05) is 18.2 Å². The van der Waals surface area contributed by atoms with Crippen LogP contribution in [0.3, 0.4) is 0 Å². The topological polar surface area (TPSA) is 107 Å². The normalized spacial score (nSPS) is 11.6. The first-order chi connectivity index (χ1) is 8.65.